The molecule has 0 aliphatic carbocycles. The molecule has 0 bridgehead atoms. The number of hydrogen-bond acceptors (Lipinski definition) is 4. The molecule has 1 saturated heterocycles. The van der Waals surface area contributed by atoms with E-state index >= 15 is 0 Å². The van der Waals surface area contributed by atoms with E-state index in [1.165, 1.54) is 19.3 Å². The lowest BCUT2D eigenvalue weighted by atomic mass is 10.1. The monoisotopic (exact) mass is 208 g/mol. The molecular formula is C10H16N4O. The third kappa shape index (κ3) is 1.91. The van der Waals surface area contributed by atoms with E-state index in [1.807, 2.05) is 0 Å². The normalized spacial score (nSPS) is 16.7. The van der Waals surface area contributed by atoms with E-state index < -0.39 is 0 Å². The summed E-state index contributed by atoms with van der Waals surface area (Å²) in [6.45, 7) is 2.03. The molecule has 5 nitrogen and oxygen atoms in total. The van der Waals surface area contributed by atoms with Crippen molar-refractivity contribution in [3.05, 3.63) is 17.3 Å². The summed E-state index contributed by atoms with van der Waals surface area (Å²) in [4.78, 5) is 2.22. The smallest absolute Gasteiger partial charge is 0.221 e. The summed E-state index contributed by atoms with van der Waals surface area (Å²) >= 11 is 0. The van der Waals surface area contributed by atoms with Crippen LogP contribution in [0.15, 0.2) is 12.1 Å². The second-order valence-corrected chi connectivity index (χ2v) is 3.91. The summed E-state index contributed by atoms with van der Waals surface area (Å²) in [5.74, 6) is 0.325. The first-order valence-electron chi connectivity index (χ1n) is 5.22. The molecule has 82 valence electrons. The summed E-state index contributed by atoms with van der Waals surface area (Å²) in [5, 5.41) is 11.3. The predicted octanol–water partition coefficient (Wildman–Crippen LogP) is 0.475. The zero-order valence-corrected chi connectivity index (χ0v) is 8.65. The molecule has 0 amide bonds. The minimum Gasteiger partial charge on any atom is -0.740 e. The first-order valence-corrected chi connectivity index (χ1v) is 5.22. The van der Waals surface area contributed by atoms with Crippen molar-refractivity contribution in [2.75, 3.05) is 29.5 Å². The van der Waals surface area contributed by atoms with Crippen molar-refractivity contribution in [2.24, 2.45) is 0 Å². The highest BCUT2D eigenvalue weighted by Crippen LogP contribution is 2.21. The van der Waals surface area contributed by atoms with Gasteiger partial charge in [-0.2, -0.15) is 0 Å². The van der Waals surface area contributed by atoms with Crippen LogP contribution < -0.4 is 21.1 Å². The number of hydrogen-bond donors (Lipinski definition) is 2. The number of piperidine rings is 1. The lowest BCUT2D eigenvalue weighted by molar-refractivity contribution is -0.574. The van der Waals surface area contributed by atoms with Crippen LogP contribution in [0.3, 0.4) is 0 Å². The Morgan fingerprint density at radius 2 is 1.60 bits per heavy atom. The standard InChI is InChI=1S/C10H16N4O/c11-9-6-8(7-10(12)14(9)15)13-4-2-1-3-5-13/h6-7H,1-5,11-12H2. The van der Waals surface area contributed by atoms with Gasteiger partial charge in [-0.25, -0.2) is 4.73 Å². The number of nitrogens with two attached hydrogens (primary N) is 2. The number of pyridine rings is 1. The Labute approximate surface area is 88.9 Å². The molecule has 0 atom stereocenters. The summed E-state index contributed by atoms with van der Waals surface area (Å²) in [6, 6.07) is 3.38. The zero-order chi connectivity index (χ0) is 10.8. The van der Waals surface area contributed by atoms with Crippen LogP contribution in [0.4, 0.5) is 17.3 Å². The van der Waals surface area contributed by atoms with Crippen LogP contribution in [0.2, 0.25) is 0 Å². The Bertz CT molecular complexity index is 337. The highest BCUT2D eigenvalue weighted by Gasteiger charge is 2.13. The van der Waals surface area contributed by atoms with Gasteiger partial charge in [0.25, 0.3) is 0 Å². The van der Waals surface area contributed by atoms with E-state index in [2.05, 4.69) is 4.90 Å². The van der Waals surface area contributed by atoms with Crippen LogP contribution in [0.1, 0.15) is 19.3 Å². The van der Waals surface area contributed by atoms with Crippen molar-refractivity contribution < 1.29 is 4.73 Å². The predicted molar refractivity (Wildman–Crippen MR) is 60.3 cm³/mol. The van der Waals surface area contributed by atoms with Crippen molar-refractivity contribution in [1.29, 1.82) is 0 Å². The molecule has 0 unspecified atom stereocenters. The minimum absolute atomic E-state index is 0.163. The molecule has 0 aromatic carbocycles. The Morgan fingerprint density at radius 3 is 2.13 bits per heavy atom. The van der Waals surface area contributed by atoms with Gasteiger partial charge in [0, 0.05) is 30.9 Å². The number of rotatable bonds is 1. The maximum absolute atomic E-state index is 11.3. The average molecular weight is 208 g/mol. The van der Waals surface area contributed by atoms with E-state index in [-0.39, 0.29) is 11.6 Å². The van der Waals surface area contributed by atoms with Crippen molar-refractivity contribution >= 4 is 17.3 Å². The summed E-state index contributed by atoms with van der Waals surface area (Å²) in [7, 11) is 0. The summed E-state index contributed by atoms with van der Waals surface area (Å²) < 4.78 is 0.549. The molecular weight excluding hydrogens is 192 g/mol. The molecule has 1 fully saturated rings. The quantitative estimate of drug-likeness (QED) is 0.519. The lowest BCUT2D eigenvalue weighted by Gasteiger charge is -2.29. The van der Waals surface area contributed by atoms with Gasteiger partial charge >= 0.3 is 0 Å². The van der Waals surface area contributed by atoms with Gasteiger partial charge in [-0.1, -0.05) is 0 Å². The van der Waals surface area contributed by atoms with Gasteiger partial charge in [-0.3, -0.25) is 0 Å². The fraction of sp³-hybridized carbons (Fsp3) is 0.500. The molecule has 2 heterocycles. The molecule has 4 N–H and O–H groups in total. The van der Waals surface area contributed by atoms with Crippen molar-refractivity contribution in [2.45, 2.75) is 19.3 Å². The number of nitrogens with zero attached hydrogens (tertiary/aromatic N) is 2. The largest absolute Gasteiger partial charge is 0.740 e. The highest BCUT2D eigenvalue weighted by atomic mass is 16.5. The zero-order valence-electron chi connectivity index (χ0n) is 8.65. The van der Waals surface area contributed by atoms with E-state index in [0.717, 1.165) is 18.8 Å². The number of aromatic nitrogens is 1. The Balaban J connectivity index is 2.27. The van der Waals surface area contributed by atoms with Crippen LogP contribution >= 0.6 is 0 Å². The summed E-state index contributed by atoms with van der Waals surface area (Å²) in [6.07, 6.45) is 3.65. The Morgan fingerprint density at radius 1 is 1.07 bits per heavy atom. The van der Waals surface area contributed by atoms with E-state index in [0.29, 0.717) is 4.73 Å². The van der Waals surface area contributed by atoms with E-state index in [1.54, 1.807) is 12.1 Å². The molecule has 0 saturated carbocycles. The maximum Gasteiger partial charge on any atom is 0.221 e. The van der Waals surface area contributed by atoms with Crippen LogP contribution in [0.5, 0.6) is 0 Å². The van der Waals surface area contributed by atoms with Crippen molar-refractivity contribution in [3.8, 4) is 0 Å². The molecule has 1 aromatic rings. The van der Waals surface area contributed by atoms with Gasteiger partial charge in [0.1, 0.15) is 0 Å². The topological polar surface area (TPSA) is 82.2 Å². The SMILES string of the molecule is Nc1cc(N2CCCCC2)cc(N)[n+]1[O-]. The van der Waals surface area contributed by atoms with E-state index in [9.17, 15) is 5.21 Å². The molecule has 1 aliphatic heterocycles. The molecule has 1 aromatic heterocycles. The molecule has 2 rings (SSSR count). The van der Waals surface area contributed by atoms with Gasteiger partial charge < -0.3 is 21.6 Å². The first kappa shape index (κ1) is 9.89. The van der Waals surface area contributed by atoms with Crippen LogP contribution in [0, 0.1) is 5.21 Å². The maximum atomic E-state index is 11.3. The minimum atomic E-state index is 0.163. The van der Waals surface area contributed by atoms with Crippen LogP contribution in [0.25, 0.3) is 0 Å². The van der Waals surface area contributed by atoms with E-state index in [4.69, 9.17) is 11.5 Å². The second-order valence-electron chi connectivity index (χ2n) is 3.91. The van der Waals surface area contributed by atoms with Crippen LogP contribution in [-0.4, -0.2) is 13.1 Å². The molecule has 1 aliphatic rings. The van der Waals surface area contributed by atoms with Gasteiger partial charge in [0.15, 0.2) is 0 Å². The number of anilines is 3. The fourth-order valence-electron chi connectivity index (χ4n) is 1.95. The molecule has 5 heteroatoms. The summed E-state index contributed by atoms with van der Waals surface area (Å²) in [5.41, 5.74) is 12.1. The highest BCUT2D eigenvalue weighted by molar-refractivity contribution is 5.55. The lowest BCUT2D eigenvalue weighted by Crippen LogP contribution is -2.36. The van der Waals surface area contributed by atoms with Crippen molar-refractivity contribution in [3.63, 3.8) is 0 Å². The fourth-order valence-corrected chi connectivity index (χ4v) is 1.95. The Kier molecular flexibility index (Phi) is 2.53. The van der Waals surface area contributed by atoms with Gasteiger partial charge in [-0.15, -0.1) is 0 Å². The molecule has 0 radical (unpaired) electrons. The third-order valence-electron chi connectivity index (χ3n) is 2.78. The van der Waals surface area contributed by atoms with Crippen LogP contribution in [-0.2, 0) is 0 Å². The van der Waals surface area contributed by atoms with Gasteiger partial charge in [0.05, 0.1) is 0 Å². The van der Waals surface area contributed by atoms with Gasteiger partial charge in [0.2, 0.25) is 11.6 Å². The molecule has 15 heavy (non-hydrogen) atoms. The third-order valence-corrected chi connectivity index (χ3v) is 2.78. The average Bonchev–Trinajstić information content (AvgIpc) is 2.26. The van der Waals surface area contributed by atoms with Crippen molar-refractivity contribution in [1.82, 2.24) is 0 Å². The first-order chi connectivity index (χ1) is 7.18. The van der Waals surface area contributed by atoms with Gasteiger partial charge in [-0.05, 0) is 19.3 Å². The molecule has 0 spiro atoms. The number of nitrogen functional groups attached to an aromatic ring is 2. The Hall–Kier alpha value is -1.65. The second kappa shape index (κ2) is 3.84.